The first-order chi connectivity index (χ1) is 14.1. The molecule has 9 heteroatoms. The number of amides is 2. The molecule has 0 spiro atoms. The predicted molar refractivity (Wildman–Crippen MR) is 104 cm³/mol. The molecule has 0 aliphatic carbocycles. The molecule has 0 bridgehead atoms. The molecular formula is C20H24N4O5. The second-order valence-electron chi connectivity index (χ2n) is 7.12. The second kappa shape index (κ2) is 8.52. The van der Waals surface area contributed by atoms with Gasteiger partial charge in [0.2, 0.25) is 5.91 Å². The van der Waals surface area contributed by atoms with E-state index in [0.717, 1.165) is 5.69 Å². The van der Waals surface area contributed by atoms with Gasteiger partial charge in [-0.2, -0.15) is 0 Å². The number of rotatable bonds is 5. The predicted octanol–water partition coefficient (Wildman–Crippen LogP) is 1.05. The number of anilines is 1. The number of carbonyl (C=O) groups excluding carboxylic acids is 2. The molecule has 1 aromatic heterocycles. The Bertz CT molecular complexity index is 864. The SMILES string of the molecule is CN1c2cc(C(=O)N3CCOCC3)ccc2OCC1CC(=O)NCc1ccno1. The van der Waals surface area contributed by atoms with Crippen molar-refractivity contribution in [3.8, 4) is 5.75 Å². The first-order valence-electron chi connectivity index (χ1n) is 9.65. The van der Waals surface area contributed by atoms with Gasteiger partial charge in [0.25, 0.3) is 5.91 Å². The maximum atomic E-state index is 12.8. The van der Waals surface area contributed by atoms with E-state index >= 15 is 0 Å². The Morgan fingerprint density at radius 2 is 2.07 bits per heavy atom. The fraction of sp³-hybridized carbons (Fsp3) is 0.450. The lowest BCUT2D eigenvalue weighted by atomic mass is 10.1. The highest BCUT2D eigenvalue weighted by Gasteiger charge is 2.28. The summed E-state index contributed by atoms with van der Waals surface area (Å²) in [5.74, 6) is 1.19. The van der Waals surface area contributed by atoms with Crippen molar-refractivity contribution in [2.75, 3.05) is 44.9 Å². The van der Waals surface area contributed by atoms with Gasteiger partial charge < -0.3 is 29.1 Å². The number of hydrogen-bond donors (Lipinski definition) is 1. The van der Waals surface area contributed by atoms with E-state index in [1.54, 1.807) is 17.0 Å². The van der Waals surface area contributed by atoms with Gasteiger partial charge in [0.15, 0.2) is 5.76 Å². The highest BCUT2D eigenvalue weighted by Crippen LogP contribution is 2.34. The third-order valence-electron chi connectivity index (χ3n) is 5.24. The Labute approximate surface area is 168 Å². The van der Waals surface area contributed by atoms with Crippen molar-refractivity contribution in [3.05, 3.63) is 41.8 Å². The molecule has 1 saturated heterocycles. The fourth-order valence-corrected chi connectivity index (χ4v) is 3.49. The zero-order valence-corrected chi connectivity index (χ0v) is 16.3. The van der Waals surface area contributed by atoms with Crippen molar-refractivity contribution >= 4 is 17.5 Å². The molecule has 3 heterocycles. The number of carbonyl (C=O) groups is 2. The molecule has 9 nitrogen and oxygen atoms in total. The van der Waals surface area contributed by atoms with E-state index in [4.69, 9.17) is 14.0 Å². The highest BCUT2D eigenvalue weighted by molar-refractivity contribution is 5.96. The molecule has 154 valence electrons. The topological polar surface area (TPSA) is 97.1 Å². The molecular weight excluding hydrogens is 376 g/mol. The number of nitrogens with one attached hydrogen (secondary N) is 1. The molecule has 2 amide bonds. The van der Waals surface area contributed by atoms with Crippen LogP contribution >= 0.6 is 0 Å². The molecule has 0 radical (unpaired) electrons. The van der Waals surface area contributed by atoms with Crippen molar-refractivity contribution in [2.24, 2.45) is 0 Å². The summed E-state index contributed by atoms with van der Waals surface area (Å²) < 4.78 is 16.1. The maximum absolute atomic E-state index is 12.8. The van der Waals surface area contributed by atoms with Crippen molar-refractivity contribution in [2.45, 2.75) is 19.0 Å². The number of nitrogens with zero attached hydrogens (tertiary/aromatic N) is 3. The van der Waals surface area contributed by atoms with Crippen LogP contribution in [0.1, 0.15) is 22.5 Å². The van der Waals surface area contributed by atoms with Crippen molar-refractivity contribution in [1.82, 2.24) is 15.4 Å². The van der Waals surface area contributed by atoms with E-state index in [9.17, 15) is 9.59 Å². The number of hydrogen-bond acceptors (Lipinski definition) is 7. The quantitative estimate of drug-likeness (QED) is 0.801. The van der Waals surface area contributed by atoms with Gasteiger partial charge in [-0.05, 0) is 18.2 Å². The Balaban J connectivity index is 1.41. The Kier molecular flexibility index (Phi) is 5.66. The first-order valence-corrected chi connectivity index (χ1v) is 9.65. The summed E-state index contributed by atoms with van der Waals surface area (Å²) in [6.07, 6.45) is 1.81. The van der Waals surface area contributed by atoms with Crippen LogP contribution in [0.15, 0.2) is 35.0 Å². The van der Waals surface area contributed by atoms with Gasteiger partial charge in [0.1, 0.15) is 12.4 Å². The number of morpholine rings is 1. The third kappa shape index (κ3) is 4.34. The Morgan fingerprint density at radius 3 is 2.83 bits per heavy atom. The van der Waals surface area contributed by atoms with Crippen LogP contribution in [0.2, 0.25) is 0 Å². The summed E-state index contributed by atoms with van der Waals surface area (Å²) in [4.78, 5) is 28.9. The molecule has 2 aliphatic rings. The average molecular weight is 400 g/mol. The minimum absolute atomic E-state index is 0.0172. The van der Waals surface area contributed by atoms with Crippen molar-refractivity contribution in [1.29, 1.82) is 0 Å². The minimum atomic E-state index is -0.133. The number of ether oxygens (including phenoxy) is 2. The zero-order chi connectivity index (χ0) is 20.2. The molecule has 1 fully saturated rings. The van der Waals surface area contributed by atoms with Crippen LogP contribution in [0.4, 0.5) is 5.69 Å². The molecule has 1 aromatic carbocycles. The largest absolute Gasteiger partial charge is 0.489 e. The van der Waals surface area contributed by atoms with Crippen LogP contribution in [-0.2, 0) is 16.1 Å². The van der Waals surface area contributed by atoms with Crippen molar-refractivity contribution in [3.63, 3.8) is 0 Å². The standard InChI is InChI=1S/C20H24N4O5/c1-23-15(11-19(25)21-12-16-4-5-22-29-16)13-28-18-3-2-14(10-17(18)23)20(26)24-6-8-27-9-7-24/h2-5,10,15H,6-9,11-13H2,1H3,(H,21,25). The molecule has 1 N–H and O–H groups in total. The maximum Gasteiger partial charge on any atom is 0.254 e. The van der Waals surface area contributed by atoms with Crippen LogP contribution in [0.5, 0.6) is 5.75 Å². The average Bonchev–Trinajstić information content (AvgIpc) is 3.28. The van der Waals surface area contributed by atoms with E-state index < -0.39 is 0 Å². The molecule has 1 unspecified atom stereocenters. The summed E-state index contributed by atoms with van der Waals surface area (Å²) in [5.41, 5.74) is 1.42. The van der Waals surface area contributed by atoms with E-state index in [-0.39, 0.29) is 24.3 Å². The van der Waals surface area contributed by atoms with Crippen LogP contribution in [-0.4, -0.2) is 67.9 Å². The van der Waals surface area contributed by atoms with Gasteiger partial charge >= 0.3 is 0 Å². The molecule has 2 aliphatic heterocycles. The van der Waals surface area contributed by atoms with Crippen molar-refractivity contribution < 1.29 is 23.6 Å². The summed E-state index contributed by atoms with van der Waals surface area (Å²) >= 11 is 0. The first kappa shape index (κ1) is 19.3. The molecule has 1 atom stereocenters. The summed E-state index contributed by atoms with van der Waals surface area (Å²) in [5, 5.41) is 6.44. The molecule has 0 saturated carbocycles. The van der Waals surface area contributed by atoms with E-state index in [1.807, 2.05) is 24.1 Å². The van der Waals surface area contributed by atoms with Crippen LogP contribution in [0.25, 0.3) is 0 Å². The van der Waals surface area contributed by atoms with E-state index in [1.165, 1.54) is 6.20 Å². The lowest BCUT2D eigenvalue weighted by Gasteiger charge is -2.36. The lowest BCUT2D eigenvalue weighted by Crippen LogP contribution is -2.44. The summed E-state index contributed by atoms with van der Waals surface area (Å²) in [6, 6.07) is 7.02. The van der Waals surface area contributed by atoms with Gasteiger partial charge in [-0.15, -0.1) is 0 Å². The second-order valence-corrected chi connectivity index (χ2v) is 7.12. The van der Waals surface area contributed by atoms with Gasteiger partial charge in [-0.25, -0.2) is 0 Å². The highest BCUT2D eigenvalue weighted by atomic mass is 16.5. The smallest absolute Gasteiger partial charge is 0.254 e. The van der Waals surface area contributed by atoms with Crippen LogP contribution in [0, 0.1) is 0 Å². The molecule has 4 rings (SSSR count). The van der Waals surface area contributed by atoms with Gasteiger partial charge in [-0.1, -0.05) is 5.16 Å². The third-order valence-corrected chi connectivity index (χ3v) is 5.24. The molecule has 29 heavy (non-hydrogen) atoms. The number of benzene rings is 1. The number of fused-ring (bicyclic) bond motifs is 1. The summed E-state index contributed by atoms with van der Waals surface area (Å²) in [6.45, 7) is 3.00. The van der Waals surface area contributed by atoms with Gasteiger partial charge in [0, 0.05) is 31.8 Å². The zero-order valence-electron chi connectivity index (χ0n) is 16.3. The fourth-order valence-electron chi connectivity index (χ4n) is 3.49. The number of likely N-dealkylation sites (N-methyl/N-ethyl adjacent to an activating group) is 1. The Morgan fingerprint density at radius 1 is 1.24 bits per heavy atom. The normalized spacial score (nSPS) is 18.7. The van der Waals surface area contributed by atoms with Gasteiger partial charge in [-0.3, -0.25) is 9.59 Å². The van der Waals surface area contributed by atoms with E-state index in [0.29, 0.717) is 56.5 Å². The molecule has 2 aromatic rings. The minimum Gasteiger partial charge on any atom is -0.489 e. The lowest BCUT2D eigenvalue weighted by molar-refractivity contribution is -0.121. The van der Waals surface area contributed by atoms with Crippen LogP contribution in [0.3, 0.4) is 0 Å². The Hall–Kier alpha value is -3.07. The summed E-state index contributed by atoms with van der Waals surface area (Å²) in [7, 11) is 1.92. The van der Waals surface area contributed by atoms with Crippen LogP contribution < -0.4 is 15.0 Å². The van der Waals surface area contributed by atoms with Gasteiger partial charge in [0.05, 0.1) is 44.1 Å². The van der Waals surface area contributed by atoms with E-state index in [2.05, 4.69) is 10.5 Å². The number of aromatic nitrogens is 1. The monoisotopic (exact) mass is 400 g/mol.